The van der Waals surface area contributed by atoms with E-state index in [2.05, 4.69) is 10.3 Å². The zero-order chi connectivity index (χ0) is 20.6. The maximum atomic E-state index is 12.7. The smallest absolute Gasteiger partial charge is 0.281 e. The van der Waals surface area contributed by atoms with Gasteiger partial charge in [0, 0.05) is 18.3 Å². The fraction of sp³-hybridized carbons (Fsp3) is 0.118. The first kappa shape index (κ1) is 18.6. The molecule has 0 radical (unpaired) electrons. The van der Waals surface area contributed by atoms with E-state index in [0.717, 1.165) is 23.8 Å². The van der Waals surface area contributed by atoms with Crippen LogP contribution in [0.25, 0.3) is 5.65 Å². The van der Waals surface area contributed by atoms with Crippen molar-refractivity contribution in [3.63, 3.8) is 0 Å². The topological polar surface area (TPSA) is 150 Å². The van der Waals surface area contributed by atoms with Gasteiger partial charge >= 0.3 is 0 Å². The van der Waals surface area contributed by atoms with Gasteiger partial charge in [-0.15, -0.1) is 0 Å². The molecule has 1 aromatic carbocycles. The normalized spacial score (nSPS) is 10.6. The summed E-state index contributed by atoms with van der Waals surface area (Å²) in [4.78, 5) is 49.8. The Labute approximate surface area is 156 Å². The van der Waals surface area contributed by atoms with Crippen molar-refractivity contribution in [1.82, 2.24) is 9.38 Å². The van der Waals surface area contributed by atoms with Crippen LogP contribution in [0.15, 0.2) is 41.3 Å². The molecule has 2 heterocycles. The molecule has 0 bridgehead atoms. The molecular formula is C17H13N5O6. The molecule has 1 amide bonds. The monoisotopic (exact) mass is 383 g/mol. The minimum Gasteiger partial charge on any atom is -0.316 e. The number of carbonyl (C=O) groups excluding carboxylic acids is 1. The standard InChI is InChI=1S/C17H13N5O6/c1-9-4-3-5-20-15(9)18-10(2)14(17(20)24)19-16(23)11-6-12(21(25)26)8-13(7-11)22(27)28/h3-8H,1-2H3,(H,19,23). The van der Waals surface area contributed by atoms with E-state index in [1.54, 1.807) is 19.1 Å². The molecule has 0 spiro atoms. The second-order valence-electron chi connectivity index (χ2n) is 5.97. The molecule has 2 aromatic heterocycles. The van der Waals surface area contributed by atoms with Gasteiger partial charge in [-0.1, -0.05) is 6.07 Å². The van der Waals surface area contributed by atoms with Crippen molar-refractivity contribution in [3.8, 4) is 0 Å². The van der Waals surface area contributed by atoms with E-state index in [9.17, 15) is 29.8 Å². The van der Waals surface area contributed by atoms with E-state index >= 15 is 0 Å². The van der Waals surface area contributed by atoms with Crippen LogP contribution in [0.2, 0.25) is 0 Å². The van der Waals surface area contributed by atoms with Crippen molar-refractivity contribution in [1.29, 1.82) is 0 Å². The van der Waals surface area contributed by atoms with Crippen LogP contribution in [-0.2, 0) is 0 Å². The molecule has 0 aliphatic rings. The number of hydrogen-bond acceptors (Lipinski definition) is 7. The van der Waals surface area contributed by atoms with Gasteiger partial charge in [0.15, 0.2) is 0 Å². The van der Waals surface area contributed by atoms with Crippen molar-refractivity contribution in [2.45, 2.75) is 13.8 Å². The number of aryl methyl sites for hydroxylation is 2. The lowest BCUT2D eigenvalue weighted by Crippen LogP contribution is -2.25. The number of nitro groups is 2. The number of benzene rings is 1. The van der Waals surface area contributed by atoms with Gasteiger partial charge in [-0.25, -0.2) is 4.98 Å². The summed E-state index contributed by atoms with van der Waals surface area (Å²) in [5.74, 6) is -0.901. The fourth-order valence-corrected chi connectivity index (χ4v) is 2.67. The van der Waals surface area contributed by atoms with Crippen molar-refractivity contribution in [2.24, 2.45) is 0 Å². The first-order valence-electron chi connectivity index (χ1n) is 7.93. The van der Waals surface area contributed by atoms with Crippen LogP contribution < -0.4 is 10.9 Å². The van der Waals surface area contributed by atoms with Crippen LogP contribution >= 0.6 is 0 Å². The SMILES string of the molecule is Cc1nc2c(C)cccn2c(=O)c1NC(=O)c1cc([N+](=O)[O-])cc([N+](=O)[O-])c1. The van der Waals surface area contributed by atoms with Crippen LogP contribution in [0, 0.1) is 34.1 Å². The van der Waals surface area contributed by atoms with Crippen LogP contribution in [0.3, 0.4) is 0 Å². The Balaban J connectivity index is 2.08. The Morgan fingerprint density at radius 3 is 2.29 bits per heavy atom. The average Bonchev–Trinajstić information content (AvgIpc) is 2.65. The molecule has 3 aromatic rings. The highest BCUT2D eigenvalue weighted by atomic mass is 16.6. The van der Waals surface area contributed by atoms with Crippen LogP contribution in [-0.4, -0.2) is 25.1 Å². The molecule has 1 N–H and O–H groups in total. The fourth-order valence-electron chi connectivity index (χ4n) is 2.67. The van der Waals surface area contributed by atoms with E-state index in [-0.39, 0.29) is 16.9 Å². The number of aromatic nitrogens is 2. The number of carbonyl (C=O) groups is 1. The largest absolute Gasteiger partial charge is 0.316 e. The lowest BCUT2D eigenvalue weighted by atomic mass is 10.1. The summed E-state index contributed by atoms with van der Waals surface area (Å²) in [6.07, 6.45) is 1.49. The minimum atomic E-state index is -0.901. The number of nitrogens with zero attached hydrogens (tertiary/aromatic N) is 4. The third-order valence-corrected chi connectivity index (χ3v) is 4.06. The first-order chi connectivity index (χ1) is 13.2. The molecular weight excluding hydrogens is 370 g/mol. The molecule has 28 heavy (non-hydrogen) atoms. The van der Waals surface area contributed by atoms with Gasteiger partial charge in [-0.05, 0) is 25.5 Å². The molecule has 0 fully saturated rings. The third-order valence-electron chi connectivity index (χ3n) is 4.06. The summed E-state index contributed by atoms with van der Waals surface area (Å²) in [6, 6.07) is 5.97. The number of amides is 1. The number of fused-ring (bicyclic) bond motifs is 1. The first-order valence-corrected chi connectivity index (χ1v) is 7.93. The second-order valence-corrected chi connectivity index (χ2v) is 5.97. The number of hydrogen-bond donors (Lipinski definition) is 1. The molecule has 142 valence electrons. The minimum absolute atomic E-state index is 0.123. The highest BCUT2D eigenvalue weighted by Crippen LogP contribution is 2.23. The van der Waals surface area contributed by atoms with E-state index in [0.29, 0.717) is 5.65 Å². The maximum absolute atomic E-state index is 12.7. The number of nitro benzene ring substituents is 2. The Kier molecular flexibility index (Phi) is 4.57. The predicted octanol–water partition coefficient (Wildman–Crippen LogP) is 2.38. The van der Waals surface area contributed by atoms with Gasteiger partial charge in [0.05, 0.1) is 27.2 Å². The number of nitrogens with one attached hydrogen (secondary N) is 1. The van der Waals surface area contributed by atoms with Crippen LogP contribution in [0.1, 0.15) is 21.6 Å². The number of rotatable bonds is 4. The zero-order valence-corrected chi connectivity index (χ0v) is 14.7. The molecule has 0 aliphatic heterocycles. The Hall–Kier alpha value is -4.15. The van der Waals surface area contributed by atoms with Gasteiger partial charge in [0.2, 0.25) is 0 Å². The van der Waals surface area contributed by atoms with Gasteiger partial charge < -0.3 is 5.32 Å². The molecule has 0 saturated carbocycles. The van der Waals surface area contributed by atoms with Crippen molar-refractivity contribution >= 4 is 28.6 Å². The summed E-state index contributed by atoms with van der Waals surface area (Å²) in [5, 5.41) is 24.3. The lowest BCUT2D eigenvalue weighted by Gasteiger charge is -2.10. The average molecular weight is 383 g/mol. The van der Waals surface area contributed by atoms with Crippen molar-refractivity contribution in [3.05, 3.63) is 83.9 Å². The highest BCUT2D eigenvalue weighted by molar-refractivity contribution is 6.05. The summed E-state index contributed by atoms with van der Waals surface area (Å²) < 4.78 is 1.26. The number of non-ortho nitro benzene ring substituents is 2. The lowest BCUT2D eigenvalue weighted by molar-refractivity contribution is -0.394. The van der Waals surface area contributed by atoms with E-state index < -0.39 is 32.7 Å². The molecule has 0 unspecified atom stereocenters. The van der Waals surface area contributed by atoms with Crippen molar-refractivity contribution in [2.75, 3.05) is 5.32 Å². The van der Waals surface area contributed by atoms with Gasteiger partial charge in [0.25, 0.3) is 22.8 Å². The quantitative estimate of drug-likeness (QED) is 0.536. The molecule has 11 heteroatoms. The van der Waals surface area contributed by atoms with E-state index in [4.69, 9.17) is 0 Å². The van der Waals surface area contributed by atoms with E-state index in [1.807, 2.05) is 0 Å². The molecule has 0 aliphatic carbocycles. The highest BCUT2D eigenvalue weighted by Gasteiger charge is 2.21. The van der Waals surface area contributed by atoms with Gasteiger partial charge in [-0.3, -0.25) is 34.2 Å². The predicted molar refractivity (Wildman–Crippen MR) is 98.6 cm³/mol. The second kappa shape index (κ2) is 6.87. The summed E-state index contributed by atoms with van der Waals surface area (Å²) in [6.45, 7) is 3.31. The summed E-state index contributed by atoms with van der Waals surface area (Å²) in [5.41, 5.74) is -0.785. The van der Waals surface area contributed by atoms with Crippen LogP contribution in [0.5, 0.6) is 0 Å². The van der Waals surface area contributed by atoms with Crippen molar-refractivity contribution < 1.29 is 14.6 Å². The Morgan fingerprint density at radius 1 is 1.11 bits per heavy atom. The molecule has 3 rings (SSSR count). The summed E-state index contributed by atoms with van der Waals surface area (Å²) >= 11 is 0. The number of pyridine rings is 1. The van der Waals surface area contributed by atoms with E-state index in [1.165, 1.54) is 17.5 Å². The molecule has 0 saturated heterocycles. The zero-order valence-electron chi connectivity index (χ0n) is 14.7. The van der Waals surface area contributed by atoms with Crippen LogP contribution in [0.4, 0.5) is 17.1 Å². The van der Waals surface area contributed by atoms with Gasteiger partial charge in [0.1, 0.15) is 11.3 Å². The molecule has 11 nitrogen and oxygen atoms in total. The third kappa shape index (κ3) is 3.28. The summed E-state index contributed by atoms with van der Waals surface area (Å²) in [7, 11) is 0. The maximum Gasteiger partial charge on any atom is 0.281 e. The molecule has 0 atom stereocenters. The Morgan fingerprint density at radius 2 is 1.71 bits per heavy atom. The number of anilines is 1. The Bertz CT molecular complexity index is 1180. The van der Waals surface area contributed by atoms with Gasteiger partial charge in [-0.2, -0.15) is 0 Å².